The molecular formula is C20H27N5O. The Balaban J connectivity index is 1.70. The normalized spacial score (nSPS) is 14.7. The van der Waals surface area contributed by atoms with Crippen LogP contribution in [0.4, 0.5) is 17.3 Å². The Bertz CT molecular complexity index is 764. The van der Waals surface area contributed by atoms with E-state index in [-0.39, 0.29) is 11.8 Å². The van der Waals surface area contributed by atoms with E-state index in [1.807, 2.05) is 43.9 Å². The lowest BCUT2D eigenvalue weighted by molar-refractivity contribution is -0.134. The second-order valence-corrected chi connectivity index (χ2v) is 7.12. The van der Waals surface area contributed by atoms with E-state index in [0.29, 0.717) is 0 Å². The fourth-order valence-electron chi connectivity index (χ4n) is 3.08. The number of carbonyl (C=O) groups excluding carboxylic acids is 1. The zero-order chi connectivity index (χ0) is 18.7. The average Bonchev–Trinajstić information content (AvgIpc) is 2.62. The second-order valence-electron chi connectivity index (χ2n) is 7.12. The van der Waals surface area contributed by atoms with E-state index in [4.69, 9.17) is 0 Å². The Morgan fingerprint density at radius 2 is 1.69 bits per heavy atom. The SMILES string of the molecule is Cc1ccc(Nc2cc(N3CCN(C(=O)C(C)C)CC3)nc(C)n2)cc1. The Kier molecular flexibility index (Phi) is 5.40. The molecule has 138 valence electrons. The third-order valence-corrected chi connectivity index (χ3v) is 4.56. The number of aryl methyl sites for hydroxylation is 2. The molecule has 1 N–H and O–H groups in total. The number of rotatable bonds is 4. The third-order valence-electron chi connectivity index (χ3n) is 4.56. The molecule has 1 amide bonds. The highest BCUT2D eigenvalue weighted by Crippen LogP contribution is 2.21. The Labute approximate surface area is 155 Å². The first-order valence-electron chi connectivity index (χ1n) is 9.15. The summed E-state index contributed by atoms with van der Waals surface area (Å²) in [4.78, 5) is 25.4. The fourth-order valence-corrected chi connectivity index (χ4v) is 3.08. The quantitative estimate of drug-likeness (QED) is 0.915. The fraction of sp³-hybridized carbons (Fsp3) is 0.450. The van der Waals surface area contributed by atoms with Crippen LogP contribution in [0.1, 0.15) is 25.2 Å². The van der Waals surface area contributed by atoms with Gasteiger partial charge in [-0.15, -0.1) is 0 Å². The summed E-state index contributed by atoms with van der Waals surface area (Å²) in [6, 6.07) is 10.2. The Hall–Kier alpha value is -2.63. The smallest absolute Gasteiger partial charge is 0.225 e. The number of nitrogens with zero attached hydrogens (tertiary/aromatic N) is 4. The van der Waals surface area contributed by atoms with Crippen LogP contribution in [0.2, 0.25) is 0 Å². The highest BCUT2D eigenvalue weighted by atomic mass is 16.2. The van der Waals surface area contributed by atoms with Gasteiger partial charge in [-0.2, -0.15) is 0 Å². The van der Waals surface area contributed by atoms with E-state index < -0.39 is 0 Å². The summed E-state index contributed by atoms with van der Waals surface area (Å²) < 4.78 is 0. The van der Waals surface area contributed by atoms with E-state index in [9.17, 15) is 4.79 Å². The van der Waals surface area contributed by atoms with E-state index >= 15 is 0 Å². The summed E-state index contributed by atoms with van der Waals surface area (Å²) in [6.45, 7) is 10.9. The first-order chi connectivity index (χ1) is 12.4. The number of amides is 1. The summed E-state index contributed by atoms with van der Waals surface area (Å²) in [5.41, 5.74) is 2.23. The molecule has 2 heterocycles. The highest BCUT2D eigenvalue weighted by Gasteiger charge is 2.23. The van der Waals surface area contributed by atoms with Gasteiger partial charge < -0.3 is 15.1 Å². The van der Waals surface area contributed by atoms with Crippen LogP contribution in [-0.2, 0) is 4.79 Å². The van der Waals surface area contributed by atoms with Crippen LogP contribution in [0.25, 0.3) is 0 Å². The summed E-state index contributed by atoms with van der Waals surface area (Å²) in [6.07, 6.45) is 0. The first kappa shape index (κ1) is 18.2. The molecule has 2 aromatic rings. The van der Waals surface area contributed by atoms with E-state index in [2.05, 4.69) is 39.2 Å². The molecule has 0 aliphatic carbocycles. The van der Waals surface area contributed by atoms with Crippen molar-refractivity contribution in [3.8, 4) is 0 Å². The number of piperazine rings is 1. The average molecular weight is 353 g/mol. The number of carbonyl (C=O) groups is 1. The maximum absolute atomic E-state index is 12.1. The van der Waals surface area contributed by atoms with Gasteiger partial charge in [0.1, 0.15) is 17.5 Å². The van der Waals surface area contributed by atoms with Gasteiger partial charge in [0, 0.05) is 43.9 Å². The van der Waals surface area contributed by atoms with E-state index in [1.165, 1.54) is 5.56 Å². The molecule has 26 heavy (non-hydrogen) atoms. The zero-order valence-electron chi connectivity index (χ0n) is 16.0. The number of aromatic nitrogens is 2. The molecule has 1 aliphatic rings. The van der Waals surface area contributed by atoms with Crippen LogP contribution in [0.5, 0.6) is 0 Å². The van der Waals surface area contributed by atoms with Gasteiger partial charge in [-0.05, 0) is 26.0 Å². The lowest BCUT2D eigenvalue weighted by Crippen LogP contribution is -2.50. The van der Waals surface area contributed by atoms with Gasteiger partial charge in [0.05, 0.1) is 0 Å². The molecule has 1 saturated heterocycles. The highest BCUT2D eigenvalue weighted by molar-refractivity contribution is 5.78. The first-order valence-corrected chi connectivity index (χ1v) is 9.15. The van der Waals surface area contributed by atoms with Crippen molar-refractivity contribution in [2.24, 2.45) is 5.92 Å². The minimum Gasteiger partial charge on any atom is -0.353 e. The van der Waals surface area contributed by atoms with Crippen LogP contribution >= 0.6 is 0 Å². The van der Waals surface area contributed by atoms with Crippen LogP contribution in [0, 0.1) is 19.8 Å². The van der Waals surface area contributed by atoms with E-state index in [1.54, 1.807) is 0 Å². The zero-order valence-corrected chi connectivity index (χ0v) is 16.0. The molecule has 6 nitrogen and oxygen atoms in total. The number of nitrogens with one attached hydrogen (secondary N) is 1. The monoisotopic (exact) mass is 353 g/mol. The lowest BCUT2D eigenvalue weighted by Gasteiger charge is -2.36. The molecule has 6 heteroatoms. The molecule has 3 rings (SSSR count). The van der Waals surface area contributed by atoms with Crippen molar-refractivity contribution in [2.75, 3.05) is 36.4 Å². The van der Waals surface area contributed by atoms with Crippen LogP contribution in [0.15, 0.2) is 30.3 Å². The summed E-state index contributed by atoms with van der Waals surface area (Å²) in [7, 11) is 0. The van der Waals surface area contributed by atoms with Crippen molar-refractivity contribution in [3.63, 3.8) is 0 Å². The number of hydrogen-bond donors (Lipinski definition) is 1. The molecule has 1 aromatic carbocycles. The van der Waals surface area contributed by atoms with Gasteiger partial charge >= 0.3 is 0 Å². The molecular weight excluding hydrogens is 326 g/mol. The number of benzene rings is 1. The van der Waals surface area contributed by atoms with Crippen molar-refractivity contribution in [3.05, 3.63) is 41.7 Å². The predicted octanol–water partition coefficient (Wildman–Crippen LogP) is 3.14. The third kappa shape index (κ3) is 4.31. The van der Waals surface area contributed by atoms with Crippen LogP contribution < -0.4 is 10.2 Å². The maximum atomic E-state index is 12.1. The Morgan fingerprint density at radius 3 is 2.31 bits per heavy atom. The molecule has 0 saturated carbocycles. The van der Waals surface area contributed by atoms with Gasteiger partial charge in [-0.3, -0.25) is 4.79 Å². The predicted molar refractivity (Wildman–Crippen MR) is 105 cm³/mol. The topological polar surface area (TPSA) is 61.4 Å². The van der Waals surface area contributed by atoms with Gasteiger partial charge in [-0.25, -0.2) is 9.97 Å². The minimum atomic E-state index is 0.0492. The van der Waals surface area contributed by atoms with Crippen molar-refractivity contribution in [1.29, 1.82) is 0 Å². The van der Waals surface area contributed by atoms with Gasteiger partial charge in [0.25, 0.3) is 0 Å². The van der Waals surface area contributed by atoms with Crippen LogP contribution in [0.3, 0.4) is 0 Å². The molecule has 0 atom stereocenters. The molecule has 1 fully saturated rings. The largest absolute Gasteiger partial charge is 0.353 e. The van der Waals surface area contributed by atoms with Gasteiger partial charge in [-0.1, -0.05) is 31.5 Å². The number of hydrogen-bond acceptors (Lipinski definition) is 5. The summed E-state index contributed by atoms with van der Waals surface area (Å²) in [5, 5.41) is 3.35. The van der Waals surface area contributed by atoms with Crippen LogP contribution in [-0.4, -0.2) is 47.0 Å². The minimum absolute atomic E-state index is 0.0492. The maximum Gasteiger partial charge on any atom is 0.225 e. The van der Waals surface area contributed by atoms with Crippen molar-refractivity contribution in [2.45, 2.75) is 27.7 Å². The van der Waals surface area contributed by atoms with E-state index in [0.717, 1.165) is 49.3 Å². The lowest BCUT2D eigenvalue weighted by atomic mass is 10.1. The van der Waals surface area contributed by atoms with Crippen molar-refractivity contribution >= 4 is 23.2 Å². The molecule has 1 aliphatic heterocycles. The summed E-state index contributed by atoms with van der Waals surface area (Å²) in [5.74, 6) is 2.71. The number of anilines is 3. The molecule has 1 aromatic heterocycles. The summed E-state index contributed by atoms with van der Waals surface area (Å²) >= 11 is 0. The Morgan fingerprint density at radius 1 is 1.04 bits per heavy atom. The molecule has 0 radical (unpaired) electrons. The molecule has 0 unspecified atom stereocenters. The standard InChI is InChI=1S/C20H27N5O/c1-14(2)20(26)25-11-9-24(10-12-25)19-13-18(21-16(4)22-19)23-17-7-5-15(3)6-8-17/h5-8,13-14H,9-12H2,1-4H3,(H,21,22,23). The van der Waals surface area contributed by atoms with Crippen molar-refractivity contribution < 1.29 is 4.79 Å². The molecule has 0 spiro atoms. The van der Waals surface area contributed by atoms with Crippen molar-refractivity contribution in [1.82, 2.24) is 14.9 Å². The van der Waals surface area contributed by atoms with Gasteiger partial charge in [0.15, 0.2) is 0 Å². The molecule has 0 bridgehead atoms. The second kappa shape index (κ2) is 7.72. The van der Waals surface area contributed by atoms with Gasteiger partial charge in [0.2, 0.25) is 5.91 Å².